The molecule has 1 fully saturated rings. The molecule has 5 heteroatoms. The van der Waals surface area contributed by atoms with Crippen molar-refractivity contribution in [1.82, 2.24) is 4.90 Å². The van der Waals surface area contributed by atoms with Crippen molar-refractivity contribution in [3.63, 3.8) is 0 Å². The fraction of sp³-hybridized carbons (Fsp3) is 0.409. The molecule has 0 aromatic heterocycles. The van der Waals surface area contributed by atoms with E-state index in [1.807, 2.05) is 29.2 Å². The van der Waals surface area contributed by atoms with Crippen molar-refractivity contribution in [1.29, 1.82) is 0 Å². The summed E-state index contributed by atoms with van der Waals surface area (Å²) in [6.45, 7) is 6.19. The van der Waals surface area contributed by atoms with Gasteiger partial charge in [0.15, 0.2) is 0 Å². The van der Waals surface area contributed by atoms with Crippen LogP contribution in [0.15, 0.2) is 48.5 Å². The summed E-state index contributed by atoms with van der Waals surface area (Å²) in [5, 5.41) is 0. The van der Waals surface area contributed by atoms with Gasteiger partial charge >= 0.3 is 0 Å². The Balaban J connectivity index is 1.38. The minimum Gasteiger partial charge on any atom is -0.495 e. The minimum atomic E-state index is 0.207. The smallest absolute Gasteiger partial charge is 0.241 e. The van der Waals surface area contributed by atoms with E-state index in [9.17, 15) is 4.79 Å². The van der Waals surface area contributed by atoms with Crippen LogP contribution in [0.3, 0.4) is 0 Å². The summed E-state index contributed by atoms with van der Waals surface area (Å²) < 4.78 is 5.49. The maximum atomic E-state index is 13.0. The molecule has 27 heavy (non-hydrogen) atoms. The summed E-state index contributed by atoms with van der Waals surface area (Å²) in [7, 11) is 1.71. The van der Waals surface area contributed by atoms with Gasteiger partial charge in [0, 0.05) is 37.9 Å². The van der Waals surface area contributed by atoms with Crippen molar-refractivity contribution in [2.24, 2.45) is 0 Å². The molecule has 5 nitrogen and oxygen atoms in total. The Morgan fingerprint density at radius 3 is 2.41 bits per heavy atom. The van der Waals surface area contributed by atoms with E-state index in [-0.39, 0.29) is 11.9 Å². The number of anilines is 2. The second-order valence-electron chi connectivity index (χ2n) is 7.38. The van der Waals surface area contributed by atoms with Gasteiger partial charge in [-0.1, -0.05) is 30.3 Å². The van der Waals surface area contributed by atoms with Gasteiger partial charge in [0.1, 0.15) is 5.75 Å². The van der Waals surface area contributed by atoms with Gasteiger partial charge in [-0.3, -0.25) is 9.69 Å². The van der Waals surface area contributed by atoms with Gasteiger partial charge in [0.25, 0.3) is 0 Å². The lowest BCUT2D eigenvalue weighted by Crippen LogP contribution is -2.51. The number of hydrogen-bond acceptors (Lipinski definition) is 4. The molecular weight excluding hydrogens is 338 g/mol. The molecule has 0 N–H and O–H groups in total. The summed E-state index contributed by atoms with van der Waals surface area (Å²) in [5.41, 5.74) is 3.50. The number of rotatable bonds is 4. The quantitative estimate of drug-likeness (QED) is 0.835. The first-order valence-electron chi connectivity index (χ1n) is 9.67. The van der Waals surface area contributed by atoms with Crippen LogP contribution in [0.1, 0.15) is 12.5 Å². The Bertz CT molecular complexity index is 815. The van der Waals surface area contributed by atoms with Crippen LogP contribution in [0.4, 0.5) is 11.4 Å². The molecular formula is C22H27N3O2. The number of fused-ring (bicyclic) bond motifs is 1. The number of methoxy groups -OCH3 is 1. The molecule has 2 aliphatic rings. The highest BCUT2D eigenvalue weighted by Gasteiger charge is 2.32. The molecule has 2 aliphatic heterocycles. The molecule has 0 spiro atoms. The van der Waals surface area contributed by atoms with Crippen LogP contribution < -0.4 is 14.5 Å². The van der Waals surface area contributed by atoms with Crippen LogP contribution in [0.2, 0.25) is 0 Å². The number of ether oxygens (including phenoxy) is 1. The van der Waals surface area contributed by atoms with Gasteiger partial charge in [-0.05, 0) is 37.1 Å². The predicted molar refractivity (Wildman–Crippen MR) is 109 cm³/mol. The lowest BCUT2D eigenvalue weighted by molar-refractivity contribution is -0.120. The predicted octanol–water partition coefficient (Wildman–Crippen LogP) is 2.80. The maximum absolute atomic E-state index is 13.0. The third-order valence-electron chi connectivity index (χ3n) is 5.63. The summed E-state index contributed by atoms with van der Waals surface area (Å²) in [4.78, 5) is 19.6. The maximum Gasteiger partial charge on any atom is 0.241 e. The van der Waals surface area contributed by atoms with Gasteiger partial charge in [-0.2, -0.15) is 0 Å². The Hall–Kier alpha value is -2.53. The van der Waals surface area contributed by atoms with Crippen molar-refractivity contribution in [2.75, 3.05) is 49.6 Å². The SMILES string of the molecule is COc1ccccc1N1CCN(CC(=O)N2c3ccccc3C[C@@H]2C)CC1. The third-order valence-corrected chi connectivity index (χ3v) is 5.63. The molecule has 2 heterocycles. The van der Waals surface area contributed by atoms with Crippen LogP contribution in [-0.2, 0) is 11.2 Å². The van der Waals surface area contributed by atoms with Crippen molar-refractivity contribution in [2.45, 2.75) is 19.4 Å². The second-order valence-corrected chi connectivity index (χ2v) is 7.38. The minimum absolute atomic E-state index is 0.207. The van der Waals surface area contributed by atoms with E-state index in [2.05, 4.69) is 41.0 Å². The number of carbonyl (C=O) groups is 1. The molecule has 4 rings (SSSR count). The highest BCUT2D eigenvalue weighted by Crippen LogP contribution is 2.32. The van der Waals surface area contributed by atoms with E-state index < -0.39 is 0 Å². The van der Waals surface area contributed by atoms with E-state index >= 15 is 0 Å². The molecule has 0 unspecified atom stereocenters. The van der Waals surface area contributed by atoms with Crippen LogP contribution >= 0.6 is 0 Å². The number of hydrogen-bond donors (Lipinski definition) is 0. The summed E-state index contributed by atoms with van der Waals surface area (Å²) in [6.07, 6.45) is 0.948. The van der Waals surface area contributed by atoms with E-state index in [0.717, 1.165) is 49.7 Å². The van der Waals surface area contributed by atoms with E-state index in [4.69, 9.17) is 4.74 Å². The second kappa shape index (κ2) is 7.61. The fourth-order valence-electron chi connectivity index (χ4n) is 4.25. The van der Waals surface area contributed by atoms with Gasteiger partial charge in [-0.15, -0.1) is 0 Å². The van der Waals surface area contributed by atoms with Crippen LogP contribution in [-0.4, -0.2) is 56.7 Å². The number of carbonyl (C=O) groups excluding carboxylic acids is 1. The number of benzene rings is 2. The first-order valence-corrected chi connectivity index (χ1v) is 9.67. The molecule has 1 amide bonds. The fourth-order valence-corrected chi connectivity index (χ4v) is 4.25. The number of nitrogens with zero attached hydrogens (tertiary/aromatic N) is 3. The van der Waals surface area contributed by atoms with Crippen LogP contribution in [0.25, 0.3) is 0 Å². The molecule has 2 aromatic carbocycles. The Morgan fingerprint density at radius 1 is 1.00 bits per heavy atom. The molecule has 2 aromatic rings. The van der Waals surface area contributed by atoms with Gasteiger partial charge in [-0.25, -0.2) is 0 Å². The van der Waals surface area contributed by atoms with Gasteiger partial charge in [0.05, 0.1) is 19.3 Å². The topological polar surface area (TPSA) is 36.0 Å². The van der Waals surface area contributed by atoms with Gasteiger partial charge in [0.2, 0.25) is 5.91 Å². The van der Waals surface area contributed by atoms with Crippen molar-refractivity contribution < 1.29 is 9.53 Å². The highest BCUT2D eigenvalue weighted by atomic mass is 16.5. The first-order chi connectivity index (χ1) is 13.2. The zero-order chi connectivity index (χ0) is 18.8. The lowest BCUT2D eigenvalue weighted by Gasteiger charge is -2.37. The van der Waals surface area contributed by atoms with Crippen LogP contribution in [0, 0.1) is 0 Å². The molecule has 1 saturated heterocycles. The number of piperazine rings is 1. The molecule has 0 bridgehead atoms. The average Bonchev–Trinajstić information content (AvgIpc) is 3.04. The highest BCUT2D eigenvalue weighted by molar-refractivity contribution is 5.97. The third kappa shape index (κ3) is 3.52. The lowest BCUT2D eigenvalue weighted by atomic mass is 10.1. The van der Waals surface area contributed by atoms with Crippen molar-refractivity contribution in [3.05, 3.63) is 54.1 Å². The van der Waals surface area contributed by atoms with Gasteiger partial charge < -0.3 is 14.5 Å². The standard InChI is InChI=1S/C22H27N3O2/c1-17-15-18-7-3-4-8-19(18)25(17)22(26)16-23-11-13-24(14-12-23)20-9-5-6-10-21(20)27-2/h3-10,17H,11-16H2,1-2H3/t17-/m0/s1. The van der Waals surface area contributed by atoms with Crippen molar-refractivity contribution >= 4 is 17.3 Å². The average molecular weight is 365 g/mol. The zero-order valence-electron chi connectivity index (χ0n) is 16.1. The normalized spacial score (nSPS) is 19.9. The van der Waals surface area contributed by atoms with E-state index in [1.54, 1.807) is 7.11 Å². The molecule has 0 radical (unpaired) electrons. The van der Waals surface area contributed by atoms with Crippen LogP contribution in [0.5, 0.6) is 5.75 Å². The Morgan fingerprint density at radius 2 is 1.67 bits per heavy atom. The summed E-state index contributed by atoms with van der Waals surface area (Å²) in [6, 6.07) is 16.6. The summed E-state index contributed by atoms with van der Waals surface area (Å²) in [5.74, 6) is 1.11. The van der Waals surface area contributed by atoms with Crippen molar-refractivity contribution in [3.8, 4) is 5.75 Å². The monoisotopic (exact) mass is 365 g/mol. The molecule has 0 saturated carbocycles. The number of amides is 1. The molecule has 1 atom stereocenters. The first kappa shape index (κ1) is 17.9. The Labute approximate surface area is 161 Å². The summed E-state index contributed by atoms with van der Waals surface area (Å²) >= 11 is 0. The zero-order valence-corrected chi connectivity index (χ0v) is 16.1. The van der Waals surface area contributed by atoms with E-state index in [1.165, 1.54) is 5.56 Å². The molecule has 142 valence electrons. The molecule has 0 aliphatic carbocycles. The van der Waals surface area contributed by atoms with E-state index in [0.29, 0.717) is 6.54 Å². The Kier molecular flexibility index (Phi) is 5.03. The number of para-hydroxylation sites is 3. The largest absolute Gasteiger partial charge is 0.495 e.